The highest BCUT2D eigenvalue weighted by Crippen LogP contribution is 2.40. The maximum atomic E-state index is 9.10. The van der Waals surface area contributed by atoms with Crippen molar-refractivity contribution < 1.29 is 4.74 Å². The largest absolute Gasteiger partial charge is 0.484 e. The number of aromatic nitrogens is 4. The van der Waals surface area contributed by atoms with E-state index in [0.29, 0.717) is 32.0 Å². The van der Waals surface area contributed by atoms with Crippen LogP contribution in [0, 0.1) is 11.3 Å². The van der Waals surface area contributed by atoms with E-state index in [2.05, 4.69) is 19.7 Å². The average molecular weight is 418 g/mol. The number of pyridine rings is 1. The van der Waals surface area contributed by atoms with E-state index in [0.717, 1.165) is 18.7 Å². The minimum absolute atomic E-state index is 0.196. The molecule has 136 valence electrons. The van der Waals surface area contributed by atoms with Gasteiger partial charge in [0, 0.05) is 6.04 Å². The van der Waals surface area contributed by atoms with Gasteiger partial charge in [0.15, 0.2) is 16.7 Å². The summed E-state index contributed by atoms with van der Waals surface area (Å²) in [4.78, 5) is 4.26. The van der Waals surface area contributed by atoms with E-state index in [9.17, 15) is 0 Å². The number of nitriles is 1. The molecule has 4 rings (SSSR count). The number of hydrogen-bond acceptors (Lipinski definition) is 6. The molecule has 0 N–H and O–H groups in total. The molecule has 1 saturated carbocycles. The summed E-state index contributed by atoms with van der Waals surface area (Å²) < 4.78 is 7.89. The van der Waals surface area contributed by atoms with E-state index < -0.39 is 0 Å². The first kappa shape index (κ1) is 18.1. The molecule has 1 aliphatic carbocycles. The van der Waals surface area contributed by atoms with Crippen molar-refractivity contribution >= 4 is 35.0 Å². The van der Waals surface area contributed by atoms with Crippen LogP contribution in [-0.2, 0) is 6.61 Å². The average Bonchev–Trinajstić information content (AvgIpc) is 3.44. The predicted octanol–water partition coefficient (Wildman–Crippen LogP) is 4.92. The quantitative estimate of drug-likeness (QED) is 0.566. The molecule has 2 aromatic heterocycles. The minimum Gasteiger partial charge on any atom is -0.484 e. The molecular formula is C18H13Cl2N5OS. The topological polar surface area (TPSA) is 76.6 Å². The minimum atomic E-state index is 0.196. The van der Waals surface area contributed by atoms with Crippen LogP contribution in [0.3, 0.4) is 0 Å². The summed E-state index contributed by atoms with van der Waals surface area (Å²) in [6.07, 6.45) is 2.14. The lowest BCUT2D eigenvalue weighted by Crippen LogP contribution is -2.07. The normalized spacial score (nSPS) is 13.4. The maximum absolute atomic E-state index is 9.10. The Morgan fingerprint density at radius 1 is 1.15 bits per heavy atom. The van der Waals surface area contributed by atoms with Crippen molar-refractivity contribution in [2.45, 2.75) is 35.7 Å². The molecule has 3 aromatic rings. The van der Waals surface area contributed by atoms with Gasteiger partial charge in [0.25, 0.3) is 0 Å². The van der Waals surface area contributed by atoms with Crippen LogP contribution in [0.25, 0.3) is 0 Å². The monoisotopic (exact) mass is 417 g/mol. The van der Waals surface area contributed by atoms with E-state index in [-0.39, 0.29) is 12.3 Å². The Labute approximate surface area is 170 Å². The van der Waals surface area contributed by atoms with Gasteiger partial charge in [-0.15, -0.1) is 10.2 Å². The molecule has 0 atom stereocenters. The van der Waals surface area contributed by atoms with Gasteiger partial charge in [-0.3, -0.25) is 4.57 Å². The van der Waals surface area contributed by atoms with Crippen molar-refractivity contribution in [1.29, 1.82) is 5.26 Å². The van der Waals surface area contributed by atoms with Crippen molar-refractivity contribution in [3.8, 4) is 11.8 Å². The van der Waals surface area contributed by atoms with Gasteiger partial charge in [0.1, 0.15) is 23.5 Å². The molecule has 1 fully saturated rings. The van der Waals surface area contributed by atoms with Gasteiger partial charge < -0.3 is 4.74 Å². The van der Waals surface area contributed by atoms with E-state index >= 15 is 0 Å². The van der Waals surface area contributed by atoms with Gasteiger partial charge in [0.05, 0.1) is 10.0 Å². The molecule has 0 unspecified atom stereocenters. The van der Waals surface area contributed by atoms with Crippen LogP contribution < -0.4 is 4.74 Å². The summed E-state index contributed by atoms with van der Waals surface area (Å²) in [7, 11) is 0. The van der Waals surface area contributed by atoms with Crippen LogP contribution in [0.15, 0.2) is 46.6 Å². The van der Waals surface area contributed by atoms with Gasteiger partial charge in [-0.05, 0) is 48.9 Å². The standard InChI is InChI=1S/C18H13Cl2N5OS/c19-12-7-8-17(22-14(12)9-21)27-18-24-23-16(25(18)11-5-6-11)10-26-15-4-2-1-3-13(15)20/h1-4,7-8,11H,5-6,10H2. The van der Waals surface area contributed by atoms with Gasteiger partial charge in [-0.2, -0.15) is 5.26 Å². The van der Waals surface area contributed by atoms with E-state index in [4.69, 9.17) is 33.2 Å². The van der Waals surface area contributed by atoms with Crippen LogP contribution >= 0.6 is 35.0 Å². The van der Waals surface area contributed by atoms with E-state index in [1.165, 1.54) is 11.8 Å². The number of ether oxygens (including phenoxy) is 1. The summed E-state index contributed by atoms with van der Waals surface area (Å²) in [6, 6.07) is 13.1. The lowest BCUT2D eigenvalue weighted by molar-refractivity contribution is 0.288. The van der Waals surface area contributed by atoms with E-state index in [1.54, 1.807) is 18.2 Å². The van der Waals surface area contributed by atoms with Crippen LogP contribution in [0.4, 0.5) is 0 Å². The third-order valence-corrected chi connectivity index (χ3v) is 5.48. The molecule has 0 spiro atoms. The molecule has 0 amide bonds. The fraction of sp³-hybridized carbons (Fsp3) is 0.222. The molecular weight excluding hydrogens is 405 g/mol. The lowest BCUT2D eigenvalue weighted by atomic mass is 10.3. The lowest BCUT2D eigenvalue weighted by Gasteiger charge is -2.10. The van der Waals surface area contributed by atoms with Crippen molar-refractivity contribution in [3.63, 3.8) is 0 Å². The fourth-order valence-corrected chi connectivity index (χ4v) is 3.76. The van der Waals surface area contributed by atoms with Gasteiger partial charge in [-0.25, -0.2) is 4.98 Å². The molecule has 6 nitrogen and oxygen atoms in total. The molecule has 27 heavy (non-hydrogen) atoms. The molecule has 0 saturated heterocycles. The van der Waals surface area contributed by atoms with Crippen LogP contribution in [0.5, 0.6) is 5.75 Å². The van der Waals surface area contributed by atoms with Crippen molar-refractivity contribution in [3.05, 3.63) is 58.0 Å². The zero-order valence-electron chi connectivity index (χ0n) is 14.0. The zero-order valence-corrected chi connectivity index (χ0v) is 16.3. The molecule has 2 heterocycles. The first-order valence-corrected chi connectivity index (χ1v) is 9.78. The highest BCUT2D eigenvalue weighted by atomic mass is 35.5. The first-order valence-electron chi connectivity index (χ1n) is 8.21. The van der Waals surface area contributed by atoms with Gasteiger partial charge in [0.2, 0.25) is 0 Å². The summed E-state index contributed by atoms with van der Waals surface area (Å²) in [5.41, 5.74) is 0.196. The summed E-state index contributed by atoms with van der Waals surface area (Å²) in [5, 5.41) is 19.9. The first-order chi connectivity index (χ1) is 13.2. The van der Waals surface area contributed by atoms with Gasteiger partial charge >= 0.3 is 0 Å². The Morgan fingerprint density at radius 3 is 2.70 bits per heavy atom. The Balaban J connectivity index is 1.56. The van der Waals surface area contributed by atoms with Crippen LogP contribution in [-0.4, -0.2) is 19.7 Å². The number of halogens is 2. The fourth-order valence-electron chi connectivity index (χ4n) is 2.53. The summed E-state index contributed by atoms with van der Waals surface area (Å²) >= 11 is 13.4. The predicted molar refractivity (Wildman–Crippen MR) is 102 cm³/mol. The molecule has 0 radical (unpaired) electrons. The van der Waals surface area contributed by atoms with Crippen molar-refractivity contribution in [2.24, 2.45) is 0 Å². The Bertz CT molecular complexity index is 1030. The Kier molecular flexibility index (Phi) is 5.21. The molecule has 0 aliphatic heterocycles. The number of hydrogen-bond donors (Lipinski definition) is 0. The van der Waals surface area contributed by atoms with Crippen molar-refractivity contribution in [2.75, 3.05) is 0 Å². The number of para-hydroxylation sites is 1. The second-order valence-corrected chi connectivity index (χ2v) is 7.71. The Morgan fingerprint density at radius 2 is 1.96 bits per heavy atom. The molecule has 9 heteroatoms. The van der Waals surface area contributed by atoms with Crippen molar-refractivity contribution in [1.82, 2.24) is 19.7 Å². The third-order valence-electron chi connectivity index (χ3n) is 3.96. The molecule has 1 aliphatic rings. The van der Waals surface area contributed by atoms with Crippen LogP contribution in [0.2, 0.25) is 10.0 Å². The SMILES string of the molecule is N#Cc1nc(Sc2nnc(COc3ccccc3Cl)n2C2CC2)ccc1Cl. The molecule has 0 bridgehead atoms. The maximum Gasteiger partial charge on any atom is 0.197 e. The highest BCUT2D eigenvalue weighted by Gasteiger charge is 2.30. The summed E-state index contributed by atoms with van der Waals surface area (Å²) in [6.45, 7) is 0.269. The highest BCUT2D eigenvalue weighted by molar-refractivity contribution is 7.99. The third kappa shape index (κ3) is 4.03. The number of benzene rings is 1. The smallest absolute Gasteiger partial charge is 0.197 e. The zero-order chi connectivity index (χ0) is 18.8. The van der Waals surface area contributed by atoms with Gasteiger partial charge in [-0.1, -0.05) is 35.3 Å². The second kappa shape index (κ2) is 7.77. The number of rotatable bonds is 6. The number of nitrogens with zero attached hydrogens (tertiary/aromatic N) is 5. The Hall–Kier alpha value is -2.27. The second-order valence-electron chi connectivity index (χ2n) is 5.91. The van der Waals surface area contributed by atoms with E-state index in [1.807, 2.05) is 24.3 Å². The molecule has 1 aromatic carbocycles. The summed E-state index contributed by atoms with van der Waals surface area (Å²) in [5.74, 6) is 1.34. The van der Waals surface area contributed by atoms with Crippen LogP contribution in [0.1, 0.15) is 30.4 Å².